The van der Waals surface area contributed by atoms with Gasteiger partial charge in [0, 0.05) is 14.8 Å². The maximum atomic E-state index is 11.7. The number of carbonyl (C=O) groups is 1. The van der Waals surface area contributed by atoms with Gasteiger partial charge in [0.1, 0.15) is 5.75 Å². The number of carbonyl (C=O) groups excluding carboxylic acids is 1. The summed E-state index contributed by atoms with van der Waals surface area (Å²) >= 11 is 4.21. The van der Waals surface area contributed by atoms with Gasteiger partial charge in [0.25, 0.3) is 5.91 Å². The standard InChI is InChI=1S/C16H15I2N3O2/c1-10-2-4-13(5-3-10)19-9-15(22)21-20-8-11-6-12(17)7-14(18)16(11)23/h2-8,19,23H,9H2,1H3,(H,21,22). The smallest absolute Gasteiger partial charge is 0.259 e. The summed E-state index contributed by atoms with van der Waals surface area (Å²) in [6.07, 6.45) is 1.43. The van der Waals surface area contributed by atoms with E-state index in [1.54, 1.807) is 6.07 Å². The number of aryl methyl sites for hydroxylation is 1. The number of phenolic OH excluding ortho intramolecular Hbond substituents is 1. The van der Waals surface area contributed by atoms with Crippen LogP contribution in [-0.4, -0.2) is 23.8 Å². The van der Waals surface area contributed by atoms with Crippen molar-refractivity contribution in [2.24, 2.45) is 5.10 Å². The fraction of sp³-hybridized carbons (Fsp3) is 0.125. The Kier molecular flexibility index (Phi) is 6.63. The van der Waals surface area contributed by atoms with Gasteiger partial charge in [-0.1, -0.05) is 17.7 Å². The zero-order valence-electron chi connectivity index (χ0n) is 12.3. The third kappa shape index (κ3) is 5.65. The lowest BCUT2D eigenvalue weighted by Crippen LogP contribution is -2.25. The highest BCUT2D eigenvalue weighted by molar-refractivity contribution is 14.1. The molecule has 0 bridgehead atoms. The zero-order chi connectivity index (χ0) is 16.8. The molecule has 0 aliphatic heterocycles. The number of nitrogens with zero attached hydrogens (tertiary/aromatic N) is 1. The Labute approximate surface area is 161 Å². The van der Waals surface area contributed by atoms with Crippen molar-refractivity contribution in [2.45, 2.75) is 6.92 Å². The number of rotatable bonds is 5. The van der Waals surface area contributed by atoms with Crippen LogP contribution in [-0.2, 0) is 4.79 Å². The Morgan fingerprint density at radius 3 is 2.65 bits per heavy atom. The maximum absolute atomic E-state index is 11.7. The number of aromatic hydroxyl groups is 1. The monoisotopic (exact) mass is 535 g/mol. The number of hydrazone groups is 1. The summed E-state index contributed by atoms with van der Waals surface area (Å²) in [4.78, 5) is 11.7. The van der Waals surface area contributed by atoms with Crippen molar-refractivity contribution in [3.63, 3.8) is 0 Å². The molecular formula is C16H15I2N3O2. The molecule has 0 heterocycles. The number of benzene rings is 2. The highest BCUT2D eigenvalue weighted by Gasteiger charge is 2.05. The molecule has 0 saturated carbocycles. The van der Waals surface area contributed by atoms with Gasteiger partial charge in [0.2, 0.25) is 0 Å². The van der Waals surface area contributed by atoms with Crippen LogP contribution >= 0.6 is 45.2 Å². The van der Waals surface area contributed by atoms with E-state index in [2.05, 4.69) is 38.4 Å². The van der Waals surface area contributed by atoms with Gasteiger partial charge in [0.15, 0.2) is 0 Å². The number of hydrogen-bond acceptors (Lipinski definition) is 4. The first kappa shape index (κ1) is 18.0. The summed E-state index contributed by atoms with van der Waals surface area (Å²) in [6.45, 7) is 2.13. The van der Waals surface area contributed by atoms with Crippen LogP contribution in [0.25, 0.3) is 0 Å². The lowest BCUT2D eigenvalue weighted by atomic mass is 10.2. The molecule has 0 atom stereocenters. The molecule has 23 heavy (non-hydrogen) atoms. The molecule has 0 saturated heterocycles. The van der Waals surface area contributed by atoms with E-state index in [1.165, 1.54) is 6.21 Å². The minimum atomic E-state index is -0.262. The molecule has 0 radical (unpaired) electrons. The number of halogens is 2. The zero-order valence-corrected chi connectivity index (χ0v) is 16.6. The van der Waals surface area contributed by atoms with Crippen molar-refractivity contribution in [3.05, 3.63) is 54.7 Å². The van der Waals surface area contributed by atoms with E-state index < -0.39 is 0 Å². The number of anilines is 1. The summed E-state index contributed by atoms with van der Waals surface area (Å²) in [5.74, 6) is -0.108. The van der Waals surface area contributed by atoms with Gasteiger partial charge in [-0.3, -0.25) is 4.79 Å². The molecule has 0 aliphatic carbocycles. The van der Waals surface area contributed by atoms with Gasteiger partial charge < -0.3 is 10.4 Å². The molecule has 0 unspecified atom stereocenters. The second kappa shape index (κ2) is 8.48. The first-order valence-electron chi connectivity index (χ1n) is 6.76. The predicted molar refractivity (Wildman–Crippen MR) is 109 cm³/mol. The highest BCUT2D eigenvalue weighted by Crippen LogP contribution is 2.25. The van der Waals surface area contributed by atoms with Crippen molar-refractivity contribution >= 4 is 63.0 Å². The largest absolute Gasteiger partial charge is 0.506 e. The quantitative estimate of drug-likeness (QED) is 0.312. The average Bonchev–Trinajstić information content (AvgIpc) is 2.51. The molecule has 2 aromatic rings. The van der Waals surface area contributed by atoms with Crippen LogP contribution in [0, 0.1) is 14.1 Å². The third-order valence-electron chi connectivity index (χ3n) is 2.96. The van der Waals surface area contributed by atoms with Crippen molar-refractivity contribution in [3.8, 4) is 5.75 Å². The fourth-order valence-electron chi connectivity index (χ4n) is 1.75. The summed E-state index contributed by atoms with van der Waals surface area (Å²) < 4.78 is 1.72. The topological polar surface area (TPSA) is 73.7 Å². The lowest BCUT2D eigenvalue weighted by Gasteiger charge is -2.06. The van der Waals surface area contributed by atoms with Crippen molar-refractivity contribution in [1.82, 2.24) is 5.43 Å². The van der Waals surface area contributed by atoms with E-state index >= 15 is 0 Å². The lowest BCUT2D eigenvalue weighted by molar-refractivity contribution is -0.119. The summed E-state index contributed by atoms with van der Waals surface area (Å²) in [7, 11) is 0. The first-order valence-corrected chi connectivity index (χ1v) is 8.92. The Bertz CT molecular complexity index is 731. The van der Waals surface area contributed by atoms with Crippen molar-refractivity contribution in [1.29, 1.82) is 0 Å². The van der Waals surface area contributed by atoms with E-state index in [0.717, 1.165) is 18.4 Å². The van der Waals surface area contributed by atoms with Crippen LogP contribution in [0.1, 0.15) is 11.1 Å². The molecule has 5 nitrogen and oxygen atoms in total. The predicted octanol–water partition coefficient (Wildman–Crippen LogP) is 3.47. The van der Waals surface area contributed by atoms with Crippen LogP contribution in [0.5, 0.6) is 5.75 Å². The van der Waals surface area contributed by atoms with E-state index in [9.17, 15) is 9.90 Å². The Balaban J connectivity index is 1.88. The number of hydrogen-bond donors (Lipinski definition) is 3. The molecule has 0 fully saturated rings. The minimum Gasteiger partial charge on any atom is -0.506 e. The molecule has 0 aromatic heterocycles. The molecule has 120 valence electrons. The molecule has 7 heteroatoms. The molecule has 1 amide bonds. The normalized spacial score (nSPS) is 10.7. The van der Waals surface area contributed by atoms with Crippen LogP contribution < -0.4 is 10.7 Å². The molecular weight excluding hydrogens is 520 g/mol. The Morgan fingerprint density at radius 1 is 1.26 bits per heavy atom. The second-order valence-electron chi connectivity index (χ2n) is 4.84. The van der Waals surface area contributed by atoms with Gasteiger partial charge in [-0.2, -0.15) is 5.10 Å². The molecule has 2 rings (SSSR count). The number of nitrogens with one attached hydrogen (secondary N) is 2. The van der Waals surface area contributed by atoms with Gasteiger partial charge in [-0.25, -0.2) is 5.43 Å². The minimum absolute atomic E-state index is 0.121. The van der Waals surface area contributed by atoms with Crippen molar-refractivity contribution in [2.75, 3.05) is 11.9 Å². The molecule has 2 aromatic carbocycles. The number of amides is 1. The van der Waals surface area contributed by atoms with Gasteiger partial charge >= 0.3 is 0 Å². The van der Waals surface area contributed by atoms with Crippen LogP contribution in [0.3, 0.4) is 0 Å². The van der Waals surface area contributed by atoms with E-state index in [4.69, 9.17) is 0 Å². The van der Waals surface area contributed by atoms with Crippen molar-refractivity contribution < 1.29 is 9.90 Å². The molecule has 3 N–H and O–H groups in total. The average molecular weight is 535 g/mol. The van der Waals surface area contributed by atoms with Crippen LogP contribution in [0.4, 0.5) is 5.69 Å². The fourth-order valence-corrected chi connectivity index (χ4v) is 3.64. The summed E-state index contributed by atoms with van der Waals surface area (Å²) in [6, 6.07) is 11.4. The highest BCUT2D eigenvalue weighted by atomic mass is 127. The number of phenols is 1. The Morgan fingerprint density at radius 2 is 1.96 bits per heavy atom. The molecule has 0 spiro atoms. The third-order valence-corrected chi connectivity index (χ3v) is 4.40. The van der Waals surface area contributed by atoms with Gasteiger partial charge in [-0.15, -0.1) is 0 Å². The van der Waals surface area contributed by atoms with Gasteiger partial charge in [0.05, 0.1) is 16.3 Å². The van der Waals surface area contributed by atoms with E-state index in [-0.39, 0.29) is 18.2 Å². The van der Waals surface area contributed by atoms with Crippen LogP contribution in [0.15, 0.2) is 41.5 Å². The molecule has 0 aliphatic rings. The first-order chi connectivity index (χ1) is 11.0. The summed E-state index contributed by atoms with van der Waals surface area (Å²) in [5.41, 5.74) is 5.03. The maximum Gasteiger partial charge on any atom is 0.259 e. The SMILES string of the molecule is Cc1ccc(NCC(=O)NN=Cc2cc(I)cc(I)c2O)cc1. The summed E-state index contributed by atoms with van der Waals surface area (Å²) in [5, 5.41) is 16.8. The van der Waals surface area contributed by atoms with Crippen LogP contribution in [0.2, 0.25) is 0 Å². The van der Waals surface area contributed by atoms with E-state index in [1.807, 2.05) is 59.8 Å². The van der Waals surface area contributed by atoms with E-state index in [0.29, 0.717) is 5.56 Å². The van der Waals surface area contributed by atoms with Gasteiger partial charge in [-0.05, 0) is 76.4 Å². The second-order valence-corrected chi connectivity index (χ2v) is 7.25. The Hall–Kier alpha value is -1.36.